The van der Waals surface area contributed by atoms with Gasteiger partial charge in [-0.2, -0.15) is 5.10 Å². The van der Waals surface area contributed by atoms with E-state index in [-0.39, 0.29) is 17.9 Å². The maximum Gasteiger partial charge on any atom is 0.345 e. The van der Waals surface area contributed by atoms with Crippen molar-refractivity contribution in [3.63, 3.8) is 0 Å². The van der Waals surface area contributed by atoms with Gasteiger partial charge in [-0.3, -0.25) is 9.56 Å². The van der Waals surface area contributed by atoms with E-state index in [9.17, 15) is 4.79 Å². The average Bonchev–Trinajstić information content (AvgIpc) is 3.37. The first-order valence-corrected chi connectivity index (χ1v) is 10.6. The SMILES string of the molecule is CN=C(NCCCn1nc2n(c1=O)CCCC2)N1CCOC(C2CCCO2)C1. The zero-order chi connectivity index (χ0) is 19.3. The van der Waals surface area contributed by atoms with Gasteiger partial charge in [-0.15, -0.1) is 0 Å². The molecule has 0 radical (unpaired) electrons. The van der Waals surface area contributed by atoms with Crippen LogP contribution in [-0.2, 0) is 29.0 Å². The highest BCUT2D eigenvalue weighted by atomic mass is 16.5. The van der Waals surface area contributed by atoms with Crippen LogP contribution >= 0.6 is 0 Å². The second kappa shape index (κ2) is 9.09. The Morgan fingerprint density at radius 1 is 1.21 bits per heavy atom. The topological polar surface area (TPSA) is 85.9 Å². The van der Waals surface area contributed by atoms with Crippen LogP contribution in [0.1, 0.15) is 37.9 Å². The van der Waals surface area contributed by atoms with E-state index in [1.807, 2.05) is 11.6 Å². The van der Waals surface area contributed by atoms with Gasteiger partial charge in [-0.25, -0.2) is 9.48 Å². The fourth-order valence-electron chi connectivity index (χ4n) is 4.34. The zero-order valence-corrected chi connectivity index (χ0v) is 16.8. The predicted octanol–water partition coefficient (Wildman–Crippen LogP) is 0.226. The molecular formula is C19H32N6O3. The number of aliphatic imine (C=N–C) groups is 1. The van der Waals surface area contributed by atoms with E-state index in [0.717, 1.165) is 83.1 Å². The van der Waals surface area contributed by atoms with E-state index in [0.29, 0.717) is 13.2 Å². The Labute approximate surface area is 165 Å². The summed E-state index contributed by atoms with van der Waals surface area (Å²) in [7, 11) is 1.81. The molecule has 2 saturated heterocycles. The van der Waals surface area contributed by atoms with Crippen molar-refractivity contribution in [2.24, 2.45) is 4.99 Å². The summed E-state index contributed by atoms with van der Waals surface area (Å²) in [6.07, 6.45) is 6.46. The third-order valence-electron chi connectivity index (χ3n) is 5.85. The van der Waals surface area contributed by atoms with E-state index in [2.05, 4.69) is 20.3 Å². The molecule has 0 amide bonds. The van der Waals surface area contributed by atoms with Gasteiger partial charge in [0.05, 0.1) is 12.7 Å². The quantitative estimate of drug-likeness (QED) is 0.439. The van der Waals surface area contributed by atoms with Crippen molar-refractivity contribution >= 4 is 5.96 Å². The lowest BCUT2D eigenvalue weighted by Gasteiger charge is -2.37. The van der Waals surface area contributed by atoms with Crippen LogP contribution in [-0.4, -0.2) is 77.3 Å². The number of hydrogen-bond acceptors (Lipinski definition) is 5. The summed E-state index contributed by atoms with van der Waals surface area (Å²) in [5, 5.41) is 7.93. The summed E-state index contributed by atoms with van der Waals surface area (Å²) in [5.41, 5.74) is 0.0340. The molecule has 2 unspecified atom stereocenters. The van der Waals surface area contributed by atoms with Crippen molar-refractivity contribution < 1.29 is 9.47 Å². The molecule has 3 aliphatic heterocycles. The third-order valence-corrected chi connectivity index (χ3v) is 5.85. The molecule has 1 aromatic rings. The minimum atomic E-state index is 0.0340. The molecular weight excluding hydrogens is 360 g/mol. The number of guanidine groups is 1. The van der Waals surface area contributed by atoms with Crippen LogP contribution in [0.2, 0.25) is 0 Å². The molecule has 0 aromatic carbocycles. The van der Waals surface area contributed by atoms with Gasteiger partial charge in [0.25, 0.3) is 0 Å². The van der Waals surface area contributed by atoms with Crippen LogP contribution in [0.25, 0.3) is 0 Å². The number of aromatic nitrogens is 3. The van der Waals surface area contributed by atoms with Crippen molar-refractivity contribution in [2.75, 3.05) is 39.9 Å². The van der Waals surface area contributed by atoms with Gasteiger partial charge < -0.3 is 19.7 Å². The number of nitrogens with one attached hydrogen (secondary N) is 1. The molecule has 4 heterocycles. The molecule has 28 heavy (non-hydrogen) atoms. The number of fused-ring (bicyclic) bond motifs is 1. The first-order chi connectivity index (χ1) is 13.8. The molecule has 2 atom stereocenters. The summed E-state index contributed by atoms with van der Waals surface area (Å²) in [6, 6.07) is 0. The van der Waals surface area contributed by atoms with Crippen molar-refractivity contribution in [2.45, 2.75) is 63.8 Å². The Hall–Kier alpha value is -1.87. The second-order valence-corrected chi connectivity index (χ2v) is 7.76. The molecule has 9 heteroatoms. The molecule has 0 saturated carbocycles. The largest absolute Gasteiger partial charge is 0.375 e. The van der Waals surface area contributed by atoms with Gasteiger partial charge in [-0.1, -0.05) is 0 Å². The molecule has 9 nitrogen and oxygen atoms in total. The normalized spacial score (nSPS) is 25.8. The first-order valence-electron chi connectivity index (χ1n) is 10.6. The van der Waals surface area contributed by atoms with Crippen molar-refractivity contribution in [1.29, 1.82) is 0 Å². The predicted molar refractivity (Wildman–Crippen MR) is 106 cm³/mol. The number of hydrogen-bond donors (Lipinski definition) is 1. The van der Waals surface area contributed by atoms with Crippen molar-refractivity contribution in [1.82, 2.24) is 24.6 Å². The Morgan fingerprint density at radius 3 is 2.89 bits per heavy atom. The van der Waals surface area contributed by atoms with Gasteiger partial charge in [0, 0.05) is 52.8 Å². The van der Waals surface area contributed by atoms with E-state index in [1.165, 1.54) is 0 Å². The Morgan fingerprint density at radius 2 is 2.11 bits per heavy atom. The van der Waals surface area contributed by atoms with Gasteiger partial charge in [0.1, 0.15) is 11.9 Å². The number of morpholine rings is 1. The highest BCUT2D eigenvalue weighted by Gasteiger charge is 2.32. The van der Waals surface area contributed by atoms with E-state index < -0.39 is 0 Å². The standard InChI is InChI=1S/C19H32N6O3/c1-20-18(23-11-13-28-16(14-23)15-6-4-12-27-15)21-8-5-10-25-19(26)24-9-3-2-7-17(24)22-25/h15-16H,2-14H2,1H3,(H,20,21). The molecule has 1 N–H and O–H groups in total. The maximum absolute atomic E-state index is 12.4. The fourth-order valence-corrected chi connectivity index (χ4v) is 4.34. The number of ether oxygens (including phenoxy) is 2. The zero-order valence-electron chi connectivity index (χ0n) is 16.8. The van der Waals surface area contributed by atoms with Crippen LogP contribution in [0.4, 0.5) is 0 Å². The Bertz CT molecular complexity index is 737. The summed E-state index contributed by atoms with van der Waals surface area (Å²) in [5.74, 6) is 1.83. The molecule has 0 bridgehead atoms. The lowest BCUT2D eigenvalue weighted by Crippen LogP contribution is -2.53. The number of aryl methyl sites for hydroxylation is 2. The van der Waals surface area contributed by atoms with Crippen molar-refractivity contribution in [3.05, 3.63) is 16.3 Å². The number of rotatable bonds is 5. The average molecular weight is 393 g/mol. The van der Waals surface area contributed by atoms with Crippen molar-refractivity contribution in [3.8, 4) is 0 Å². The summed E-state index contributed by atoms with van der Waals surface area (Å²) in [6.45, 7) is 5.36. The van der Waals surface area contributed by atoms with E-state index in [4.69, 9.17) is 9.47 Å². The lowest BCUT2D eigenvalue weighted by molar-refractivity contribution is -0.0816. The highest BCUT2D eigenvalue weighted by molar-refractivity contribution is 5.80. The molecule has 4 rings (SSSR count). The molecule has 0 spiro atoms. The molecule has 3 aliphatic rings. The second-order valence-electron chi connectivity index (χ2n) is 7.76. The maximum atomic E-state index is 12.4. The Balaban J connectivity index is 1.25. The van der Waals surface area contributed by atoms with Crippen LogP contribution in [0, 0.1) is 0 Å². The molecule has 2 fully saturated rings. The summed E-state index contributed by atoms with van der Waals surface area (Å²) >= 11 is 0. The van der Waals surface area contributed by atoms with E-state index >= 15 is 0 Å². The van der Waals surface area contributed by atoms with Gasteiger partial charge >= 0.3 is 5.69 Å². The van der Waals surface area contributed by atoms with Crippen LogP contribution in [0.15, 0.2) is 9.79 Å². The first kappa shape index (κ1) is 19.4. The van der Waals surface area contributed by atoms with Gasteiger partial charge in [0.15, 0.2) is 5.96 Å². The van der Waals surface area contributed by atoms with Gasteiger partial charge in [0.2, 0.25) is 0 Å². The monoisotopic (exact) mass is 392 g/mol. The molecule has 1 aromatic heterocycles. The van der Waals surface area contributed by atoms with Crippen LogP contribution < -0.4 is 11.0 Å². The number of nitrogens with zero attached hydrogens (tertiary/aromatic N) is 5. The minimum absolute atomic E-state index is 0.0340. The highest BCUT2D eigenvalue weighted by Crippen LogP contribution is 2.21. The molecule has 0 aliphatic carbocycles. The van der Waals surface area contributed by atoms with Crippen LogP contribution in [0.3, 0.4) is 0 Å². The Kier molecular flexibility index (Phi) is 6.31. The lowest BCUT2D eigenvalue weighted by atomic mass is 10.1. The summed E-state index contributed by atoms with van der Waals surface area (Å²) < 4.78 is 15.2. The smallest absolute Gasteiger partial charge is 0.345 e. The van der Waals surface area contributed by atoms with E-state index in [1.54, 1.807) is 4.68 Å². The fraction of sp³-hybridized carbons (Fsp3) is 0.842. The minimum Gasteiger partial charge on any atom is -0.375 e. The van der Waals surface area contributed by atoms with Gasteiger partial charge in [-0.05, 0) is 32.1 Å². The van der Waals surface area contributed by atoms with Crippen LogP contribution in [0.5, 0.6) is 0 Å². The molecule has 156 valence electrons. The summed E-state index contributed by atoms with van der Waals surface area (Å²) in [4.78, 5) is 19.1. The third kappa shape index (κ3) is 4.25.